The topological polar surface area (TPSA) is 47.6 Å². The van der Waals surface area contributed by atoms with Crippen LogP contribution in [0.3, 0.4) is 0 Å². The maximum absolute atomic E-state index is 12.3. The van der Waals surface area contributed by atoms with Crippen LogP contribution in [0.4, 0.5) is 5.69 Å². The van der Waals surface area contributed by atoms with Gasteiger partial charge < -0.3 is 14.8 Å². The van der Waals surface area contributed by atoms with Crippen molar-refractivity contribution in [2.45, 2.75) is 19.8 Å². The molecule has 1 N–H and O–H groups in total. The summed E-state index contributed by atoms with van der Waals surface area (Å²) in [5, 5.41) is 2.86. The van der Waals surface area contributed by atoms with Gasteiger partial charge in [-0.2, -0.15) is 0 Å². The molecule has 0 aliphatic heterocycles. The van der Waals surface area contributed by atoms with Crippen molar-refractivity contribution in [3.63, 3.8) is 0 Å². The Balaban J connectivity index is 2.18. The molecule has 0 radical (unpaired) electrons. The number of benzene rings is 2. The van der Waals surface area contributed by atoms with Gasteiger partial charge in [0.15, 0.2) is 0 Å². The Morgan fingerprint density at radius 2 is 1.68 bits per heavy atom. The molecule has 0 spiro atoms. The van der Waals surface area contributed by atoms with E-state index in [-0.39, 0.29) is 5.91 Å². The molecule has 4 nitrogen and oxygen atoms in total. The van der Waals surface area contributed by atoms with Gasteiger partial charge in [0.2, 0.25) is 0 Å². The van der Waals surface area contributed by atoms with Crippen LogP contribution in [0.25, 0.3) is 0 Å². The Kier molecular flexibility index (Phi) is 5.04. The molecule has 0 aliphatic rings. The summed E-state index contributed by atoms with van der Waals surface area (Å²) in [5.41, 5.74) is 2.43. The lowest BCUT2D eigenvalue weighted by Crippen LogP contribution is -2.12. The fraction of sp³-hybridized carbons (Fsp3) is 0.278. The van der Waals surface area contributed by atoms with Gasteiger partial charge in [0.25, 0.3) is 5.91 Å². The Hall–Kier alpha value is -2.49. The van der Waals surface area contributed by atoms with Gasteiger partial charge >= 0.3 is 0 Å². The lowest BCUT2D eigenvalue weighted by molar-refractivity contribution is 0.102. The van der Waals surface area contributed by atoms with E-state index >= 15 is 0 Å². The molecule has 0 atom stereocenters. The van der Waals surface area contributed by atoms with Crippen molar-refractivity contribution in [3.8, 4) is 11.5 Å². The Morgan fingerprint density at radius 3 is 2.23 bits per heavy atom. The standard InChI is InChI=1S/C18H21NO3/c1-12(2)13-5-7-14(8-6-13)18(20)19-16-10-9-15(21-3)11-17(16)22-4/h5-12H,1-4H3,(H,19,20). The van der Waals surface area contributed by atoms with E-state index in [0.717, 1.165) is 0 Å². The number of hydrogen-bond acceptors (Lipinski definition) is 3. The van der Waals surface area contributed by atoms with Crippen molar-refractivity contribution in [2.24, 2.45) is 0 Å². The molecule has 0 fully saturated rings. The molecule has 0 unspecified atom stereocenters. The van der Waals surface area contributed by atoms with Gasteiger partial charge in [-0.05, 0) is 35.7 Å². The molecule has 2 aromatic carbocycles. The maximum Gasteiger partial charge on any atom is 0.255 e. The summed E-state index contributed by atoms with van der Waals surface area (Å²) >= 11 is 0. The summed E-state index contributed by atoms with van der Waals surface area (Å²) in [5.74, 6) is 1.51. The Labute approximate surface area is 131 Å². The van der Waals surface area contributed by atoms with Gasteiger partial charge in [0, 0.05) is 11.6 Å². The zero-order valence-corrected chi connectivity index (χ0v) is 13.3. The zero-order valence-electron chi connectivity index (χ0n) is 13.3. The highest BCUT2D eigenvalue weighted by molar-refractivity contribution is 6.05. The molecule has 0 bridgehead atoms. The minimum atomic E-state index is -0.168. The van der Waals surface area contributed by atoms with Gasteiger partial charge in [-0.15, -0.1) is 0 Å². The van der Waals surface area contributed by atoms with Gasteiger partial charge in [0.1, 0.15) is 11.5 Å². The van der Waals surface area contributed by atoms with Crippen molar-refractivity contribution in [1.29, 1.82) is 0 Å². The number of anilines is 1. The largest absolute Gasteiger partial charge is 0.497 e. The van der Waals surface area contributed by atoms with E-state index < -0.39 is 0 Å². The molecule has 2 rings (SSSR count). The van der Waals surface area contributed by atoms with E-state index in [9.17, 15) is 4.79 Å². The van der Waals surface area contributed by atoms with E-state index in [1.807, 2.05) is 24.3 Å². The smallest absolute Gasteiger partial charge is 0.255 e. The predicted octanol–water partition coefficient (Wildman–Crippen LogP) is 4.08. The van der Waals surface area contributed by atoms with Gasteiger partial charge in [-0.3, -0.25) is 4.79 Å². The molecule has 0 heterocycles. The lowest BCUT2D eigenvalue weighted by atomic mass is 10.0. The fourth-order valence-corrected chi connectivity index (χ4v) is 2.12. The minimum absolute atomic E-state index is 0.168. The number of rotatable bonds is 5. The minimum Gasteiger partial charge on any atom is -0.497 e. The molecule has 1 amide bonds. The summed E-state index contributed by atoms with van der Waals surface area (Å²) in [6.45, 7) is 4.24. The van der Waals surface area contributed by atoms with E-state index in [0.29, 0.717) is 28.7 Å². The monoisotopic (exact) mass is 299 g/mol. The summed E-state index contributed by atoms with van der Waals surface area (Å²) in [6.07, 6.45) is 0. The average molecular weight is 299 g/mol. The van der Waals surface area contributed by atoms with Crippen LogP contribution in [0.15, 0.2) is 42.5 Å². The molecule has 0 saturated heterocycles. The molecule has 0 aliphatic carbocycles. The highest BCUT2D eigenvalue weighted by Gasteiger charge is 2.11. The summed E-state index contributed by atoms with van der Waals surface area (Å²) in [6, 6.07) is 12.9. The van der Waals surface area contributed by atoms with Gasteiger partial charge in [-0.25, -0.2) is 0 Å². The normalized spacial score (nSPS) is 10.4. The second-order valence-electron chi connectivity index (χ2n) is 5.30. The fourth-order valence-electron chi connectivity index (χ4n) is 2.12. The number of carbonyl (C=O) groups is 1. The van der Waals surface area contributed by atoms with E-state index in [4.69, 9.17) is 9.47 Å². The van der Waals surface area contributed by atoms with Crippen molar-refractivity contribution in [3.05, 3.63) is 53.6 Å². The number of methoxy groups -OCH3 is 2. The molecule has 0 aromatic heterocycles. The van der Waals surface area contributed by atoms with Gasteiger partial charge in [0.05, 0.1) is 19.9 Å². The molecule has 0 saturated carbocycles. The first-order valence-corrected chi connectivity index (χ1v) is 7.18. The van der Waals surface area contributed by atoms with Crippen molar-refractivity contribution < 1.29 is 14.3 Å². The summed E-state index contributed by atoms with van der Waals surface area (Å²) in [4.78, 5) is 12.3. The van der Waals surface area contributed by atoms with Crippen LogP contribution in [0.5, 0.6) is 11.5 Å². The molecule has 116 valence electrons. The predicted molar refractivity (Wildman–Crippen MR) is 88.0 cm³/mol. The highest BCUT2D eigenvalue weighted by atomic mass is 16.5. The average Bonchev–Trinajstić information content (AvgIpc) is 2.55. The number of nitrogens with one attached hydrogen (secondary N) is 1. The second kappa shape index (κ2) is 6.98. The first-order valence-electron chi connectivity index (χ1n) is 7.18. The molecule has 2 aromatic rings. The quantitative estimate of drug-likeness (QED) is 0.905. The second-order valence-corrected chi connectivity index (χ2v) is 5.30. The van der Waals surface area contributed by atoms with Crippen LogP contribution in [0.2, 0.25) is 0 Å². The van der Waals surface area contributed by atoms with E-state index in [2.05, 4.69) is 19.2 Å². The molecular formula is C18H21NO3. The highest BCUT2D eigenvalue weighted by Crippen LogP contribution is 2.29. The number of hydrogen-bond donors (Lipinski definition) is 1. The van der Waals surface area contributed by atoms with Gasteiger partial charge in [-0.1, -0.05) is 26.0 Å². The third-order valence-corrected chi connectivity index (χ3v) is 3.50. The first-order chi connectivity index (χ1) is 10.5. The summed E-state index contributed by atoms with van der Waals surface area (Å²) < 4.78 is 10.4. The lowest BCUT2D eigenvalue weighted by Gasteiger charge is -2.12. The van der Waals surface area contributed by atoms with Crippen molar-refractivity contribution in [1.82, 2.24) is 0 Å². The maximum atomic E-state index is 12.3. The summed E-state index contributed by atoms with van der Waals surface area (Å²) in [7, 11) is 3.14. The third kappa shape index (κ3) is 3.58. The number of ether oxygens (including phenoxy) is 2. The molecule has 4 heteroatoms. The van der Waals surface area contributed by atoms with E-state index in [1.165, 1.54) is 5.56 Å². The number of amides is 1. The van der Waals surface area contributed by atoms with Crippen LogP contribution in [0, 0.1) is 0 Å². The number of carbonyl (C=O) groups excluding carboxylic acids is 1. The first kappa shape index (κ1) is 15.9. The Bertz CT molecular complexity index is 648. The van der Waals surface area contributed by atoms with Crippen LogP contribution < -0.4 is 14.8 Å². The zero-order chi connectivity index (χ0) is 16.1. The Morgan fingerprint density at radius 1 is 1.00 bits per heavy atom. The van der Waals surface area contributed by atoms with Crippen LogP contribution >= 0.6 is 0 Å². The van der Waals surface area contributed by atoms with Crippen LogP contribution in [-0.4, -0.2) is 20.1 Å². The third-order valence-electron chi connectivity index (χ3n) is 3.50. The van der Waals surface area contributed by atoms with Crippen molar-refractivity contribution >= 4 is 11.6 Å². The molecule has 22 heavy (non-hydrogen) atoms. The van der Waals surface area contributed by atoms with E-state index in [1.54, 1.807) is 32.4 Å². The van der Waals surface area contributed by atoms with Crippen molar-refractivity contribution in [2.75, 3.05) is 19.5 Å². The van der Waals surface area contributed by atoms with Crippen LogP contribution in [-0.2, 0) is 0 Å². The molecular weight excluding hydrogens is 278 g/mol. The SMILES string of the molecule is COc1ccc(NC(=O)c2ccc(C(C)C)cc2)c(OC)c1. The van der Waals surface area contributed by atoms with Crippen LogP contribution in [0.1, 0.15) is 35.7 Å².